The minimum atomic E-state index is -0.616. The first-order valence-electron chi connectivity index (χ1n) is 10.3. The summed E-state index contributed by atoms with van der Waals surface area (Å²) in [5, 5.41) is 7.58. The summed E-state index contributed by atoms with van der Waals surface area (Å²) >= 11 is 0. The van der Waals surface area contributed by atoms with Crippen LogP contribution in [0, 0.1) is 0 Å². The lowest BCUT2D eigenvalue weighted by atomic mass is 10.1. The van der Waals surface area contributed by atoms with E-state index in [-0.39, 0.29) is 24.4 Å². The Morgan fingerprint density at radius 3 is 2.47 bits per heavy atom. The Balaban J connectivity index is 2.22. The van der Waals surface area contributed by atoms with Gasteiger partial charge in [0.1, 0.15) is 0 Å². The van der Waals surface area contributed by atoms with E-state index in [2.05, 4.69) is 15.4 Å². The van der Waals surface area contributed by atoms with Crippen molar-refractivity contribution in [2.75, 3.05) is 26.2 Å². The number of rotatable bonds is 9. The Bertz CT molecular complexity index is 920. The number of amides is 2. The maximum Gasteiger partial charge on any atom is 0.339 e. The van der Waals surface area contributed by atoms with Gasteiger partial charge < -0.3 is 15.0 Å². The molecule has 0 aliphatic heterocycles. The van der Waals surface area contributed by atoms with Crippen molar-refractivity contribution in [1.29, 1.82) is 0 Å². The maximum absolute atomic E-state index is 12.8. The number of aromatic nitrogens is 3. The van der Waals surface area contributed by atoms with E-state index in [1.807, 2.05) is 27.7 Å². The van der Waals surface area contributed by atoms with E-state index >= 15 is 0 Å². The Kier molecular flexibility index (Phi) is 7.91. The van der Waals surface area contributed by atoms with Gasteiger partial charge in [0.2, 0.25) is 5.91 Å². The van der Waals surface area contributed by atoms with E-state index in [1.165, 1.54) is 4.90 Å². The summed E-state index contributed by atoms with van der Waals surface area (Å²) in [6, 6.07) is 1.77. The van der Waals surface area contributed by atoms with E-state index in [4.69, 9.17) is 4.74 Å². The lowest BCUT2D eigenvalue weighted by Crippen LogP contribution is -2.42. The summed E-state index contributed by atoms with van der Waals surface area (Å²) in [6.45, 7) is 11.8. The Morgan fingerprint density at radius 2 is 1.90 bits per heavy atom. The molecule has 9 nitrogen and oxygen atoms in total. The van der Waals surface area contributed by atoms with Crippen molar-refractivity contribution in [2.24, 2.45) is 0 Å². The number of pyridine rings is 1. The molecular formula is C21H31N5O4. The maximum atomic E-state index is 12.8. The van der Waals surface area contributed by atoms with Crippen molar-refractivity contribution in [3.8, 4) is 0 Å². The van der Waals surface area contributed by atoms with Gasteiger partial charge in [-0.15, -0.1) is 0 Å². The zero-order chi connectivity index (χ0) is 22.4. The molecule has 0 saturated carbocycles. The third-order valence-electron chi connectivity index (χ3n) is 4.66. The quantitative estimate of drug-likeness (QED) is 0.628. The van der Waals surface area contributed by atoms with Crippen LogP contribution < -0.4 is 5.32 Å². The predicted octanol–water partition coefficient (Wildman–Crippen LogP) is 2.28. The van der Waals surface area contributed by atoms with Crippen molar-refractivity contribution in [3.63, 3.8) is 0 Å². The van der Waals surface area contributed by atoms with Crippen LogP contribution in [0.5, 0.6) is 0 Å². The molecule has 0 aromatic carbocycles. The molecule has 30 heavy (non-hydrogen) atoms. The highest BCUT2D eigenvalue weighted by molar-refractivity contribution is 6.03. The lowest BCUT2D eigenvalue weighted by Gasteiger charge is -2.20. The molecule has 0 aliphatic rings. The summed E-state index contributed by atoms with van der Waals surface area (Å²) in [7, 11) is 0. The number of esters is 1. The van der Waals surface area contributed by atoms with Gasteiger partial charge in [0.05, 0.1) is 23.7 Å². The molecule has 2 aromatic rings. The third kappa shape index (κ3) is 5.34. The number of likely N-dealkylation sites (N-methyl/N-ethyl adjacent to an activating group) is 2. The van der Waals surface area contributed by atoms with Gasteiger partial charge >= 0.3 is 5.97 Å². The van der Waals surface area contributed by atoms with Crippen LogP contribution in [0.25, 0.3) is 11.0 Å². The predicted molar refractivity (Wildman–Crippen MR) is 113 cm³/mol. The zero-order valence-electron chi connectivity index (χ0n) is 18.6. The first kappa shape index (κ1) is 23.3. The number of ether oxygens (including phenoxy) is 1. The highest BCUT2D eigenvalue weighted by Crippen LogP contribution is 2.25. The largest absolute Gasteiger partial charge is 0.452 e. The van der Waals surface area contributed by atoms with Gasteiger partial charge in [-0.1, -0.05) is 13.8 Å². The van der Waals surface area contributed by atoms with Gasteiger partial charge in [-0.25, -0.2) is 14.5 Å². The summed E-state index contributed by atoms with van der Waals surface area (Å²) in [6.07, 6.45) is 1.60. The molecule has 2 rings (SSSR count). The second kappa shape index (κ2) is 10.2. The Morgan fingerprint density at radius 1 is 1.20 bits per heavy atom. The number of fused-ring (bicyclic) bond motifs is 1. The van der Waals surface area contributed by atoms with Gasteiger partial charge in [-0.2, -0.15) is 5.10 Å². The first-order chi connectivity index (χ1) is 14.2. The minimum Gasteiger partial charge on any atom is -0.452 e. The van der Waals surface area contributed by atoms with Crippen LogP contribution in [0.3, 0.4) is 0 Å². The van der Waals surface area contributed by atoms with Crippen LogP contribution in [0.15, 0.2) is 12.3 Å². The van der Waals surface area contributed by atoms with Crippen molar-refractivity contribution < 1.29 is 19.1 Å². The van der Waals surface area contributed by atoms with E-state index in [1.54, 1.807) is 30.8 Å². The van der Waals surface area contributed by atoms with Crippen LogP contribution in [-0.2, 0) is 14.3 Å². The van der Waals surface area contributed by atoms with Gasteiger partial charge in [-0.3, -0.25) is 9.59 Å². The van der Waals surface area contributed by atoms with Crippen molar-refractivity contribution in [1.82, 2.24) is 25.0 Å². The SMILES string of the molecule is CCNC(=O)CN(CC)C(=O)COC(=O)c1cc(C(C)C)nc2c1cnn2C(C)C. The average Bonchev–Trinajstić information content (AvgIpc) is 3.13. The summed E-state index contributed by atoms with van der Waals surface area (Å²) in [4.78, 5) is 43.0. The normalized spacial score (nSPS) is 11.2. The van der Waals surface area contributed by atoms with Crippen LogP contribution >= 0.6 is 0 Å². The van der Waals surface area contributed by atoms with E-state index in [0.29, 0.717) is 29.7 Å². The number of hydrogen-bond acceptors (Lipinski definition) is 6. The summed E-state index contributed by atoms with van der Waals surface area (Å²) in [5.41, 5.74) is 1.69. The lowest BCUT2D eigenvalue weighted by molar-refractivity contribution is -0.138. The van der Waals surface area contributed by atoms with E-state index in [0.717, 1.165) is 5.69 Å². The van der Waals surface area contributed by atoms with E-state index in [9.17, 15) is 14.4 Å². The smallest absolute Gasteiger partial charge is 0.339 e. The summed E-state index contributed by atoms with van der Waals surface area (Å²) < 4.78 is 7.06. The van der Waals surface area contributed by atoms with Crippen molar-refractivity contribution in [2.45, 2.75) is 53.5 Å². The third-order valence-corrected chi connectivity index (χ3v) is 4.66. The molecule has 1 N–H and O–H groups in total. The van der Waals surface area contributed by atoms with Crippen LogP contribution in [0.2, 0.25) is 0 Å². The molecule has 0 saturated heterocycles. The standard InChI is InChI=1S/C21H31N5O4/c1-7-22-18(27)11-25(8-2)19(28)12-30-21(29)15-9-17(13(3)4)24-20-16(15)10-23-26(20)14(5)6/h9-10,13-14H,7-8,11-12H2,1-6H3,(H,22,27). The van der Waals surface area contributed by atoms with Crippen LogP contribution in [0.4, 0.5) is 0 Å². The fraction of sp³-hybridized carbons (Fsp3) is 0.571. The second-order valence-electron chi connectivity index (χ2n) is 7.61. The fourth-order valence-corrected chi connectivity index (χ4v) is 2.98. The Labute approximate surface area is 176 Å². The molecule has 0 spiro atoms. The molecule has 9 heteroatoms. The fourth-order valence-electron chi connectivity index (χ4n) is 2.98. The van der Waals surface area contributed by atoms with Crippen molar-refractivity contribution >= 4 is 28.8 Å². The monoisotopic (exact) mass is 417 g/mol. The molecule has 2 heterocycles. The van der Waals surface area contributed by atoms with Gasteiger partial charge in [0, 0.05) is 24.8 Å². The molecule has 0 bridgehead atoms. The zero-order valence-corrected chi connectivity index (χ0v) is 18.6. The molecule has 2 aromatic heterocycles. The van der Waals surface area contributed by atoms with Crippen LogP contribution in [0.1, 0.15) is 69.6 Å². The second-order valence-corrected chi connectivity index (χ2v) is 7.61. The summed E-state index contributed by atoms with van der Waals surface area (Å²) in [5.74, 6) is -1.19. The molecule has 2 amide bonds. The number of carbonyl (C=O) groups excluding carboxylic acids is 3. The number of nitrogens with zero attached hydrogens (tertiary/aromatic N) is 4. The average molecular weight is 418 g/mol. The molecular weight excluding hydrogens is 386 g/mol. The molecule has 164 valence electrons. The number of carbonyl (C=O) groups is 3. The first-order valence-corrected chi connectivity index (χ1v) is 10.3. The van der Waals surface area contributed by atoms with Crippen LogP contribution in [-0.4, -0.2) is 63.7 Å². The molecule has 0 radical (unpaired) electrons. The highest BCUT2D eigenvalue weighted by Gasteiger charge is 2.22. The van der Waals surface area contributed by atoms with Gasteiger partial charge in [0.15, 0.2) is 12.3 Å². The van der Waals surface area contributed by atoms with Gasteiger partial charge in [-0.05, 0) is 39.7 Å². The topological polar surface area (TPSA) is 106 Å². The number of hydrogen-bond donors (Lipinski definition) is 1. The van der Waals surface area contributed by atoms with Gasteiger partial charge in [0.25, 0.3) is 5.91 Å². The van der Waals surface area contributed by atoms with Crippen molar-refractivity contribution in [3.05, 3.63) is 23.5 Å². The molecule has 0 aliphatic carbocycles. The Hall–Kier alpha value is -2.97. The van der Waals surface area contributed by atoms with E-state index < -0.39 is 18.5 Å². The highest BCUT2D eigenvalue weighted by atomic mass is 16.5. The molecule has 0 fully saturated rings. The number of nitrogens with one attached hydrogen (secondary N) is 1. The molecule has 0 unspecified atom stereocenters. The molecule has 0 atom stereocenters. The minimum absolute atomic E-state index is 0.0706.